The second-order valence-electron chi connectivity index (χ2n) is 6.16. The van der Waals surface area contributed by atoms with Crippen molar-refractivity contribution in [3.63, 3.8) is 0 Å². The first-order valence-corrected chi connectivity index (χ1v) is 8.64. The number of para-hydroxylation sites is 1. The predicted octanol–water partition coefficient (Wildman–Crippen LogP) is 1.97. The van der Waals surface area contributed by atoms with Crippen LogP contribution in [0, 0.1) is 6.92 Å². The summed E-state index contributed by atoms with van der Waals surface area (Å²) in [6.45, 7) is 0.972. The number of pyridine rings is 1. The quantitative estimate of drug-likeness (QED) is 0.638. The van der Waals surface area contributed by atoms with Crippen LogP contribution in [0.25, 0.3) is 22.2 Å². The topological polar surface area (TPSA) is 111 Å². The minimum atomic E-state index is -0.678. The van der Waals surface area contributed by atoms with Crippen molar-refractivity contribution in [3.8, 4) is 11.3 Å². The standard InChI is InChI=1S/C21H19N3O4/c1-13-19(21(27)28-12-18(26)23-11-17(22)25)15-9-5-6-10-16(15)24-20(13)14-7-3-2-4-8-14/h2-10H,11-12H2,1H3,(H2,22,25)(H,23,26). The minimum Gasteiger partial charge on any atom is -0.452 e. The van der Waals surface area contributed by atoms with E-state index in [0.717, 1.165) is 5.56 Å². The zero-order valence-corrected chi connectivity index (χ0v) is 15.3. The molecule has 0 aliphatic heterocycles. The van der Waals surface area contributed by atoms with Gasteiger partial charge in [-0.2, -0.15) is 0 Å². The Hall–Kier alpha value is -3.74. The van der Waals surface area contributed by atoms with Crippen LogP contribution in [0.4, 0.5) is 0 Å². The van der Waals surface area contributed by atoms with Gasteiger partial charge in [-0.1, -0.05) is 48.5 Å². The van der Waals surface area contributed by atoms with Crippen LogP contribution >= 0.6 is 0 Å². The largest absolute Gasteiger partial charge is 0.452 e. The third-order valence-electron chi connectivity index (χ3n) is 4.18. The molecule has 0 fully saturated rings. The van der Waals surface area contributed by atoms with Gasteiger partial charge in [0.05, 0.1) is 23.3 Å². The van der Waals surface area contributed by atoms with Gasteiger partial charge < -0.3 is 15.8 Å². The van der Waals surface area contributed by atoms with Crippen LogP contribution in [0.5, 0.6) is 0 Å². The molecule has 0 radical (unpaired) electrons. The molecule has 3 aromatic rings. The van der Waals surface area contributed by atoms with Gasteiger partial charge in [0, 0.05) is 10.9 Å². The van der Waals surface area contributed by atoms with Gasteiger partial charge in [0.1, 0.15) is 0 Å². The highest BCUT2D eigenvalue weighted by Gasteiger charge is 2.20. The van der Waals surface area contributed by atoms with E-state index in [2.05, 4.69) is 5.32 Å². The Balaban J connectivity index is 1.95. The number of ether oxygens (including phenoxy) is 1. The Bertz CT molecular complexity index is 1050. The molecule has 3 rings (SSSR count). The lowest BCUT2D eigenvalue weighted by molar-refractivity contribution is -0.127. The van der Waals surface area contributed by atoms with Gasteiger partial charge in [-0.3, -0.25) is 9.59 Å². The summed E-state index contributed by atoms with van der Waals surface area (Å²) in [5.41, 5.74) is 8.18. The lowest BCUT2D eigenvalue weighted by atomic mass is 9.98. The molecule has 7 heteroatoms. The number of fused-ring (bicyclic) bond motifs is 1. The first kappa shape index (κ1) is 19.0. The van der Waals surface area contributed by atoms with E-state index in [4.69, 9.17) is 15.5 Å². The number of hydrogen-bond acceptors (Lipinski definition) is 5. The molecule has 0 saturated carbocycles. The molecule has 0 saturated heterocycles. The van der Waals surface area contributed by atoms with Crippen LogP contribution in [0.2, 0.25) is 0 Å². The molecule has 7 nitrogen and oxygen atoms in total. The SMILES string of the molecule is Cc1c(-c2ccccc2)nc2ccccc2c1C(=O)OCC(=O)NCC(N)=O. The van der Waals surface area contributed by atoms with Crippen LogP contribution in [-0.2, 0) is 14.3 Å². The molecule has 28 heavy (non-hydrogen) atoms. The smallest absolute Gasteiger partial charge is 0.339 e. The Morgan fingerprint density at radius 2 is 1.71 bits per heavy atom. The number of rotatable bonds is 6. The summed E-state index contributed by atoms with van der Waals surface area (Å²) in [4.78, 5) is 39.9. The summed E-state index contributed by atoms with van der Waals surface area (Å²) >= 11 is 0. The van der Waals surface area contributed by atoms with Gasteiger partial charge in [-0.25, -0.2) is 9.78 Å². The first-order chi connectivity index (χ1) is 13.5. The number of nitrogens with one attached hydrogen (secondary N) is 1. The fraction of sp³-hybridized carbons (Fsp3) is 0.143. The maximum absolute atomic E-state index is 12.8. The van der Waals surface area contributed by atoms with Crippen LogP contribution < -0.4 is 11.1 Å². The van der Waals surface area contributed by atoms with Gasteiger partial charge in [0.25, 0.3) is 5.91 Å². The molecule has 2 aromatic carbocycles. The van der Waals surface area contributed by atoms with E-state index in [1.165, 1.54) is 0 Å². The lowest BCUT2D eigenvalue weighted by Crippen LogP contribution is -2.36. The number of nitrogens with zero attached hydrogens (tertiary/aromatic N) is 1. The number of nitrogens with two attached hydrogens (primary N) is 1. The fourth-order valence-electron chi connectivity index (χ4n) is 2.89. The Morgan fingerprint density at radius 3 is 2.43 bits per heavy atom. The van der Waals surface area contributed by atoms with E-state index in [9.17, 15) is 14.4 Å². The van der Waals surface area contributed by atoms with Crippen molar-refractivity contribution < 1.29 is 19.1 Å². The fourth-order valence-corrected chi connectivity index (χ4v) is 2.89. The molecule has 142 valence electrons. The monoisotopic (exact) mass is 377 g/mol. The molecule has 0 aliphatic carbocycles. The number of carbonyl (C=O) groups excluding carboxylic acids is 3. The number of esters is 1. The maximum atomic E-state index is 12.8. The van der Waals surface area contributed by atoms with Crippen LogP contribution in [-0.4, -0.2) is 35.9 Å². The second kappa shape index (κ2) is 8.30. The van der Waals surface area contributed by atoms with Gasteiger partial charge >= 0.3 is 5.97 Å². The summed E-state index contributed by atoms with van der Waals surface area (Å²) in [7, 11) is 0. The van der Waals surface area contributed by atoms with Crippen LogP contribution in [0.15, 0.2) is 54.6 Å². The number of primary amides is 1. The third kappa shape index (κ3) is 4.15. The number of hydrogen-bond donors (Lipinski definition) is 2. The van der Waals surface area contributed by atoms with Crippen molar-refractivity contribution >= 4 is 28.7 Å². The second-order valence-corrected chi connectivity index (χ2v) is 6.16. The Kier molecular flexibility index (Phi) is 5.64. The van der Waals surface area contributed by atoms with Crippen molar-refractivity contribution in [2.24, 2.45) is 5.73 Å². The van der Waals surface area contributed by atoms with Crippen molar-refractivity contribution in [1.82, 2.24) is 10.3 Å². The van der Waals surface area contributed by atoms with Crippen molar-refractivity contribution in [2.75, 3.05) is 13.2 Å². The van der Waals surface area contributed by atoms with E-state index >= 15 is 0 Å². The molecule has 0 aliphatic rings. The van der Waals surface area contributed by atoms with E-state index in [-0.39, 0.29) is 6.54 Å². The van der Waals surface area contributed by atoms with E-state index in [0.29, 0.717) is 27.7 Å². The van der Waals surface area contributed by atoms with E-state index in [1.807, 2.05) is 48.5 Å². The molecule has 0 atom stereocenters. The van der Waals surface area contributed by atoms with E-state index < -0.39 is 24.4 Å². The van der Waals surface area contributed by atoms with E-state index in [1.54, 1.807) is 13.0 Å². The molecule has 0 bridgehead atoms. The Labute approximate surface area is 161 Å². The highest BCUT2D eigenvalue weighted by atomic mass is 16.5. The van der Waals surface area contributed by atoms with Crippen molar-refractivity contribution in [3.05, 3.63) is 65.7 Å². The predicted molar refractivity (Wildman–Crippen MR) is 104 cm³/mol. The molecule has 0 spiro atoms. The molecule has 3 N–H and O–H groups in total. The first-order valence-electron chi connectivity index (χ1n) is 8.64. The molecule has 1 aromatic heterocycles. The number of amides is 2. The molecule has 2 amide bonds. The van der Waals surface area contributed by atoms with Gasteiger partial charge in [-0.05, 0) is 18.6 Å². The van der Waals surface area contributed by atoms with Gasteiger partial charge in [0.2, 0.25) is 5.91 Å². The van der Waals surface area contributed by atoms with Crippen LogP contribution in [0.1, 0.15) is 15.9 Å². The highest BCUT2D eigenvalue weighted by molar-refractivity contribution is 6.06. The summed E-state index contributed by atoms with van der Waals surface area (Å²) in [6, 6.07) is 16.8. The molecule has 1 heterocycles. The molecule has 0 unspecified atom stereocenters. The average Bonchev–Trinajstić information content (AvgIpc) is 2.70. The average molecular weight is 377 g/mol. The lowest BCUT2D eigenvalue weighted by Gasteiger charge is -2.14. The summed E-state index contributed by atoms with van der Waals surface area (Å²) in [5.74, 6) is -1.92. The van der Waals surface area contributed by atoms with Gasteiger partial charge in [0.15, 0.2) is 6.61 Å². The number of benzene rings is 2. The number of aromatic nitrogens is 1. The Morgan fingerprint density at radius 1 is 1.04 bits per heavy atom. The van der Waals surface area contributed by atoms with Crippen LogP contribution in [0.3, 0.4) is 0 Å². The summed E-state index contributed by atoms with van der Waals surface area (Å²) in [5, 5.41) is 2.92. The summed E-state index contributed by atoms with van der Waals surface area (Å²) in [6.07, 6.45) is 0. The maximum Gasteiger partial charge on any atom is 0.339 e. The summed E-state index contributed by atoms with van der Waals surface area (Å²) < 4.78 is 5.17. The zero-order valence-electron chi connectivity index (χ0n) is 15.3. The number of carbonyl (C=O) groups is 3. The zero-order chi connectivity index (χ0) is 20.1. The minimum absolute atomic E-state index is 0.314. The normalized spacial score (nSPS) is 10.5. The van der Waals surface area contributed by atoms with Crippen molar-refractivity contribution in [2.45, 2.75) is 6.92 Å². The third-order valence-corrected chi connectivity index (χ3v) is 4.18. The molecular weight excluding hydrogens is 358 g/mol. The highest BCUT2D eigenvalue weighted by Crippen LogP contribution is 2.30. The van der Waals surface area contributed by atoms with Crippen molar-refractivity contribution in [1.29, 1.82) is 0 Å². The molecular formula is C21H19N3O4. The van der Waals surface area contributed by atoms with Gasteiger partial charge in [-0.15, -0.1) is 0 Å².